The summed E-state index contributed by atoms with van der Waals surface area (Å²) >= 11 is 0. The maximum absolute atomic E-state index is 14.0. The molecular weight excluding hydrogens is 531 g/mol. The predicted molar refractivity (Wildman–Crippen MR) is 148 cm³/mol. The highest BCUT2D eigenvalue weighted by Crippen LogP contribution is 2.28. The van der Waals surface area contributed by atoms with Crippen LogP contribution in [0.4, 0.5) is 16.2 Å². The molecule has 3 aromatic heterocycles. The molecule has 0 fully saturated rings. The Morgan fingerprint density at radius 2 is 2.05 bits per heavy atom. The van der Waals surface area contributed by atoms with Crippen LogP contribution in [0.15, 0.2) is 48.9 Å². The molecule has 0 bridgehead atoms. The Bertz CT molecular complexity index is 1600. The Morgan fingerprint density at radius 1 is 1.24 bits per heavy atom. The smallest absolute Gasteiger partial charge is 0.271 e. The highest BCUT2D eigenvalue weighted by atomic mass is 19.1. The molecule has 12 nitrogen and oxygen atoms in total. The quantitative estimate of drug-likeness (QED) is 0.283. The molecule has 2 atom stereocenters. The first kappa shape index (κ1) is 27.8. The second kappa shape index (κ2) is 11.4. The van der Waals surface area contributed by atoms with Crippen LogP contribution in [0.1, 0.15) is 34.6 Å². The molecule has 1 aliphatic rings. The lowest BCUT2D eigenvalue weighted by Gasteiger charge is -2.33. The van der Waals surface area contributed by atoms with Crippen LogP contribution in [0.25, 0.3) is 11.3 Å². The van der Waals surface area contributed by atoms with Crippen LogP contribution in [-0.4, -0.2) is 72.4 Å². The van der Waals surface area contributed by atoms with Crippen LogP contribution >= 0.6 is 0 Å². The summed E-state index contributed by atoms with van der Waals surface area (Å²) in [4.78, 5) is 37.2. The number of nitrogens with zero attached hydrogens (tertiary/aromatic N) is 6. The van der Waals surface area contributed by atoms with E-state index in [1.54, 1.807) is 43.2 Å². The van der Waals surface area contributed by atoms with Gasteiger partial charge in [-0.2, -0.15) is 5.10 Å². The summed E-state index contributed by atoms with van der Waals surface area (Å²) in [6.07, 6.45) is 5.25. The number of fused-ring (bicyclic) bond motifs is 1. The van der Waals surface area contributed by atoms with Gasteiger partial charge in [0.15, 0.2) is 0 Å². The molecule has 3 N–H and O–H groups in total. The number of hydrogen-bond donors (Lipinski definition) is 3. The molecule has 0 saturated heterocycles. The minimum atomic E-state index is -0.875. The Labute approximate surface area is 235 Å². The van der Waals surface area contributed by atoms with Gasteiger partial charge in [-0.1, -0.05) is 0 Å². The fourth-order valence-electron chi connectivity index (χ4n) is 4.81. The third kappa shape index (κ3) is 5.61. The van der Waals surface area contributed by atoms with Crippen LogP contribution in [0.2, 0.25) is 0 Å². The zero-order valence-electron chi connectivity index (χ0n) is 23.1. The van der Waals surface area contributed by atoms with E-state index in [0.29, 0.717) is 36.0 Å². The number of halogens is 1. The van der Waals surface area contributed by atoms with Crippen LogP contribution in [-0.2, 0) is 18.4 Å². The van der Waals surface area contributed by atoms with E-state index in [4.69, 9.17) is 4.74 Å². The zero-order valence-corrected chi connectivity index (χ0v) is 23.1. The number of benzene rings is 1. The van der Waals surface area contributed by atoms with Gasteiger partial charge in [-0.05, 0) is 43.2 Å². The van der Waals surface area contributed by atoms with Crippen molar-refractivity contribution >= 4 is 23.6 Å². The van der Waals surface area contributed by atoms with Gasteiger partial charge in [0.2, 0.25) is 11.9 Å². The number of aliphatic hydroxyl groups is 1. The van der Waals surface area contributed by atoms with E-state index in [0.717, 1.165) is 16.9 Å². The van der Waals surface area contributed by atoms with Crippen molar-refractivity contribution in [2.75, 3.05) is 25.6 Å². The molecule has 0 radical (unpaired) electrons. The zero-order chi connectivity index (χ0) is 29.3. The first-order valence-electron chi connectivity index (χ1n) is 13.0. The van der Waals surface area contributed by atoms with Crippen LogP contribution in [0.3, 0.4) is 0 Å². The lowest BCUT2D eigenvalue weighted by Crippen LogP contribution is -2.52. The summed E-state index contributed by atoms with van der Waals surface area (Å²) in [5, 5.41) is 19.9. The maximum Gasteiger partial charge on any atom is 0.271 e. The molecule has 0 spiro atoms. The van der Waals surface area contributed by atoms with Gasteiger partial charge in [0, 0.05) is 50.2 Å². The van der Waals surface area contributed by atoms with Gasteiger partial charge in [0.25, 0.3) is 5.91 Å². The van der Waals surface area contributed by atoms with E-state index in [9.17, 15) is 19.1 Å². The van der Waals surface area contributed by atoms with Crippen molar-refractivity contribution in [2.45, 2.75) is 32.5 Å². The number of hydrogen-bond acceptors (Lipinski definition) is 8. The van der Waals surface area contributed by atoms with E-state index >= 15 is 0 Å². The van der Waals surface area contributed by atoms with Crippen molar-refractivity contribution in [3.05, 3.63) is 71.6 Å². The third-order valence-corrected chi connectivity index (χ3v) is 7.14. The van der Waals surface area contributed by atoms with E-state index in [1.807, 2.05) is 23.8 Å². The molecule has 1 aromatic carbocycles. The maximum atomic E-state index is 14.0. The van der Waals surface area contributed by atoms with Crippen molar-refractivity contribution in [3.8, 4) is 17.0 Å². The van der Waals surface area contributed by atoms with E-state index in [-0.39, 0.29) is 11.7 Å². The molecule has 0 unspecified atom stereocenters. The number of aliphatic hydroxyl groups excluding tert-OH is 1. The average molecular weight is 563 g/mol. The molecule has 0 saturated carbocycles. The average Bonchev–Trinajstić information content (AvgIpc) is 3.58. The number of methoxy groups -OCH3 is 1. The standard InChI is InChI=1S/C28H31FN8O4/c1-16-13-30-28(33-24-5-6-31-35(24)3)34-25(16)19-11-23-27(40)37(8-7-36(23)14-19)17(2)26(39)32-22(15-38)18-9-20(29)12-21(10-18)41-4/h5-6,9-14,17,22,38H,7-8,15H2,1-4H3,(H,32,39)(H,30,33,34)/t17-,22+/m0/s1. The van der Waals surface area contributed by atoms with Crippen molar-refractivity contribution in [3.63, 3.8) is 0 Å². The van der Waals surface area contributed by atoms with Crippen molar-refractivity contribution in [1.29, 1.82) is 0 Å². The largest absolute Gasteiger partial charge is 0.497 e. The molecular formula is C28H31FN8O4. The van der Waals surface area contributed by atoms with Gasteiger partial charge < -0.3 is 29.9 Å². The topological polar surface area (TPSA) is 139 Å². The van der Waals surface area contributed by atoms with Gasteiger partial charge in [0.05, 0.1) is 31.6 Å². The van der Waals surface area contributed by atoms with Crippen molar-refractivity contribution in [1.82, 2.24) is 34.5 Å². The Kier molecular flexibility index (Phi) is 7.70. The summed E-state index contributed by atoms with van der Waals surface area (Å²) in [6.45, 7) is 3.85. The summed E-state index contributed by atoms with van der Waals surface area (Å²) in [7, 11) is 3.21. The SMILES string of the molecule is COc1cc(F)cc([C@@H](CO)NC(=O)[C@H](C)N2CCn3cc(-c4nc(Nc5ccnn5C)ncc4C)cc3C2=O)c1. The highest BCUT2D eigenvalue weighted by molar-refractivity contribution is 5.98. The fraction of sp³-hybridized carbons (Fsp3) is 0.321. The number of carbonyl (C=O) groups excluding carboxylic acids is 2. The van der Waals surface area contributed by atoms with Crippen LogP contribution < -0.4 is 15.4 Å². The third-order valence-electron chi connectivity index (χ3n) is 7.14. The van der Waals surface area contributed by atoms with E-state index < -0.39 is 30.4 Å². The van der Waals surface area contributed by atoms with E-state index in [1.165, 1.54) is 24.1 Å². The van der Waals surface area contributed by atoms with Gasteiger partial charge in [-0.25, -0.2) is 14.4 Å². The molecule has 13 heteroatoms. The number of ether oxygens (including phenoxy) is 1. The summed E-state index contributed by atoms with van der Waals surface area (Å²) in [6, 6.07) is 5.83. The Morgan fingerprint density at radius 3 is 2.76 bits per heavy atom. The molecule has 1 aliphatic heterocycles. The van der Waals surface area contributed by atoms with Gasteiger partial charge in [0.1, 0.15) is 29.1 Å². The van der Waals surface area contributed by atoms with Gasteiger partial charge >= 0.3 is 0 Å². The minimum Gasteiger partial charge on any atom is -0.497 e. The van der Waals surface area contributed by atoms with Gasteiger partial charge in [-0.3, -0.25) is 14.3 Å². The van der Waals surface area contributed by atoms with Crippen molar-refractivity contribution in [2.24, 2.45) is 7.05 Å². The number of amides is 2. The number of rotatable bonds is 9. The number of aryl methyl sites for hydroxylation is 2. The lowest BCUT2D eigenvalue weighted by atomic mass is 10.1. The number of carbonyl (C=O) groups is 2. The molecule has 4 aromatic rings. The number of nitrogens with one attached hydrogen (secondary N) is 2. The molecule has 41 heavy (non-hydrogen) atoms. The van der Waals surface area contributed by atoms with Crippen molar-refractivity contribution < 1.29 is 23.8 Å². The number of anilines is 2. The fourth-order valence-corrected chi connectivity index (χ4v) is 4.81. The first-order chi connectivity index (χ1) is 19.7. The summed E-state index contributed by atoms with van der Waals surface area (Å²) in [5.74, 6) is 0.0560. The molecule has 0 aliphatic carbocycles. The van der Waals surface area contributed by atoms with E-state index in [2.05, 4.69) is 25.7 Å². The lowest BCUT2D eigenvalue weighted by molar-refractivity contribution is -0.126. The molecule has 2 amide bonds. The normalized spacial score (nSPS) is 14.4. The first-order valence-corrected chi connectivity index (χ1v) is 13.0. The molecule has 4 heterocycles. The van der Waals surface area contributed by atoms with Gasteiger partial charge in [-0.15, -0.1) is 0 Å². The van der Waals surface area contributed by atoms with Crippen LogP contribution in [0.5, 0.6) is 5.75 Å². The van der Waals surface area contributed by atoms with Crippen LogP contribution in [0, 0.1) is 12.7 Å². The summed E-state index contributed by atoms with van der Waals surface area (Å²) < 4.78 is 22.6. The predicted octanol–water partition coefficient (Wildman–Crippen LogP) is 2.57. The number of aromatic nitrogens is 5. The Balaban J connectivity index is 1.33. The monoisotopic (exact) mass is 562 g/mol. The Hall–Kier alpha value is -4.78. The summed E-state index contributed by atoms with van der Waals surface area (Å²) in [5.41, 5.74) is 3.04. The molecule has 5 rings (SSSR count). The second-order valence-corrected chi connectivity index (χ2v) is 9.84. The highest BCUT2D eigenvalue weighted by Gasteiger charge is 2.33. The molecule has 214 valence electrons. The second-order valence-electron chi connectivity index (χ2n) is 9.84. The minimum absolute atomic E-state index is 0.266.